The molecular formula is C9H9BrFNO2. The van der Waals surface area contributed by atoms with Crippen molar-refractivity contribution < 1.29 is 14.3 Å². The molecule has 0 saturated heterocycles. The highest BCUT2D eigenvalue weighted by Crippen LogP contribution is 2.23. The number of hydrogen-bond acceptors (Lipinski definition) is 2. The van der Waals surface area contributed by atoms with Crippen molar-refractivity contribution in [2.75, 3.05) is 5.32 Å². The Labute approximate surface area is 89.1 Å². The van der Waals surface area contributed by atoms with E-state index in [4.69, 9.17) is 5.11 Å². The van der Waals surface area contributed by atoms with Crippen LogP contribution in [0.4, 0.5) is 10.1 Å². The number of benzene rings is 1. The minimum absolute atomic E-state index is 0.409. The summed E-state index contributed by atoms with van der Waals surface area (Å²) in [6.45, 7) is 1.49. The molecule has 1 unspecified atom stereocenters. The van der Waals surface area contributed by atoms with Crippen LogP contribution in [0.25, 0.3) is 0 Å². The fourth-order valence-electron chi connectivity index (χ4n) is 0.903. The van der Waals surface area contributed by atoms with E-state index in [-0.39, 0.29) is 0 Å². The molecule has 1 aromatic carbocycles. The molecule has 0 aliphatic carbocycles. The molecule has 0 spiro atoms. The number of carboxylic acid groups (broad SMARTS) is 1. The van der Waals surface area contributed by atoms with E-state index in [1.807, 2.05) is 0 Å². The lowest BCUT2D eigenvalue weighted by Crippen LogP contribution is -2.25. The third-order valence-electron chi connectivity index (χ3n) is 1.67. The van der Waals surface area contributed by atoms with Gasteiger partial charge in [0.1, 0.15) is 11.9 Å². The number of hydrogen-bond donors (Lipinski definition) is 2. The first-order valence-corrected chi connectivity index (χ1v) is 4.74. The Morgan fingerprint density at radius 1 is 1.64 bits per heavy atom. The number of carboxylic acids is 1. The van der Waals surface area contributed by atoms with Crippen LogP contribution in [0.2, 0.25) is 0 Å². The van der Waals surface area contributed by atoms with Gasteiger partial charge in [0.15, 0.2) is 0 Å². The average molecular weight is 262 g/mol. The number of carbonyl (C=O) groups is 1. The van der Waals surface area contributed by atoms with Crippen molar-refractivity contribution in [3.05, 3.63) is 28.5 Å². The smallest absolute Gasteiger partial charge is 0.325 e. The molecule has 0 heterocycles. The quantitative estimate of drug-likeness (QED) is 0.879. The summed E-state index contributed by atoms with van der Waals surface area (Å²) >= 11 is 3.19. The summed E-state index contributed by atoms with van der Waals surface area (Å²) in [5.41, 5.74) is 0.430. The van der Waals surface area contributed by atoms with Crippen LogP contribution in [0.1, 0.15) is 6.92 Å². The van der Waals surface area contributed by atoms with Crippen molar-refractivity contribution in [3.63, 3.8) is 0 Å². The minimum Gasteiger partial charge on any atom is -0.480 e. The first kappa shape index (κ1) is 11.0. The predicted molar refractivity (Wildman–Crippen MR) is 54.8 cm³/mol. The van der Waals surface area contributed by atoms with Gasteiger partial charge in [-0.25, -0.2) is 4.39 Å². The second kappa shape index (κ2) is 4.41. The van der Waals surface area contributed by atoms with E-state index in [1.54, 1.807) is 0 Å². The molecule has 5 heteroatoms. The molecule has 76 valence electrons. The molecule has 3 nitrogen and oxygen atoms in total. The van der Waals surface area contributed by atoms with Gasteiger partial charge in [-0.1, -0.05) is 0 Å². The topological polar surface area (TPSA) is 49.3 Å². The van der Waals surface area contributed by atoms with Gasteiger partial charge in [-0.05, 0) is 41.1 Å². The van der Waals surface area contributed by atoms with Gasteiger partial charge in [-0.15, -0.1) is 0 Å². The Balaban J connectivity index is 2.85. The molecule has 0 saturated carbocycles. The molecule has 1 aromatic rings. The van der Waals surface area contributed by atoms with Crippen LogP contribution in [0.5, 0.6) is 0 Å². The van der Waals surface area contributed by atoms with Crippen molar-refractivity contribution in [1.29, 1.82) is 0 Å². The molecular weight excluding hydrogens is 253 g/mol. The third kappa shape index (κ3) is 2.70. The summed E-state index contributed by atoms with van der Waals surface area (Å²) in [5, 5.41) is 11.3. The van der Waals surface area contributed by atoms with Gasteiger partial charge < -0.3 is 10.4 Å². The van der Waals surface area contributed by atoms with Gasteiger partial charge in [-0.3, -0.25) is 4.79 Å². The van der Waals surface area contributed by atoms with Gasteiger partial charge in [-0.2, -0.15) is 0 Å². The second-order valence-electron chi connectivity index (χ2n) is 2.83. The van der Waals surface area contributed by atoms with E-state index in [2.05, 4.69) is 21.2 Å². The van der Waals surface area contributed by atoms with Gasteiger partial charge in [0.25, 0.3) is 0 Å². The zero-order chi connectivity index (χ0) is 10.7. The van der Waals surface area contributed by atoms with E-state index in [9.17, 15) is 9.18 Å². The van der Waals surface area contributed by atoms with Crippen molar-refractivity contribution >= 4 is 27.6 Å². The normalized spacial score (nSPS) is 12.2. The largest absolute Gasteiger partial charge is 0.480 e. The second-order valence-corrected chi connectivity index (χ2v) is 3.68. The van der Waals surface area contributed by atoms with Gasteiger partial charge in [0, 0.05) is 4.47 Å². The Kier molecular flexibility index (Phi) is 3.46. The molecule has 0 aliphatic rings. The lowest BCUT2D eigenvalue weighted by Gasteiger charge is -2.12. The number of anilines is 1. The number of nitrogens with one attached hydrogen (secondary N) is 1. The highest BCUT2D eigenvalue weighted by Gasteiger charge is 2.11. The number of halogens is 2. The third-order valence-corrected chi connectivity index (χ3v) is 2.36. The van der Waals surface area contributed by atoms with Crippen LogP contribution in [-0.4, -0.2) is 17.1 Å². The van der Waals surface area contributed by atoms with Crippen LogP contribution < -0.4 is 5.32 Å². The maximum Gasteiger partial charge on any atom is 0.325 e. The lowest BCUT2D eigenvalue weighted by atomic mass is 10.2. The SMILES string of the molecule is CC(Nc1cc(F)ccc1Br)C(=O)O. The summed E-state index contributed by atoms with van der Waals surface area (Å²) in [6, 6.07) is 3.30. The first-order valence-electron chi connectivity index (χ1n) is 3.95. The van der Waals surface area contributed by atoms with Gasteiger partial charge in [0.05, 0.1) is 5.69 Å². The molecule has 2 N–H and O–H groups in total. The van der Waals surface area contributed by atoms with Crippen LogP contribution in [-0.2, 0) is 4.79 Å². The van der Waals surface area contributed by atoms with Crippen LogP contribution in [0.15, 0.2) is 22.7 Å². The van der Waals surface area contributed by atoms with E-state index >= 15 is 0 Å². The van der Waals surface area contributed by atoms with Crippen LogP contribution in [0, 0.1) is 5.82 Å². The molecule has 0 bridgehead atoms. The summed E-state index contributed by atoms with van der Waals surface area (Å²) in [5.74, 6) is -1.39. The summed E-state index contributed by atoms with van der Waals surface area (Å²) in [4.78, 5) is 10.5. The minimum atomic E-state index is -0.985. The van der Waals surface area contributed by atoms with Crippen molar-refractivity contribution in [2.24, 2.45) is 0 Å². The average Bonchev–Trinajstić information content (AvgIpc) is 2.11. The monoisotopic (exact) mass is 261 g/mol. The lowest BCUT2D eigenvalue weighted by molar-refractivity contribution is -0.137. The highest BCUT2D eigenvalue weighted by atomic mass is 79.9. The fourth-order valence-corrected chi connectivity index (χ4v) is 1.26. The summed E-state index contributed by atoms with van der Waals surface area (Å²) in [7, 11) is 0. The van der Waals surface area contributed by atoms with E-state index in [0.717, 1.165) is 0 Å². The maximum absolute atomic E-state index is 12.8. The Bertz CT molecular complexity index is 357. The molecule has 0 aromatic heterocycles. The van der Waals surface area contributed by atoms with Crippen LogP contribution >= 0.6 is 15.9 Å². The van der Waals surface area contributed by atoms with Crippen LogP contribution in [0.3, 0.4) is 0 Å². The molecule has 0 aliphatic heterocycles. The maximum atomic E-state index is 12.8. The van der Waals surface area contributed by atoms with E-state index in [1.165, 1.54) is 25.1 Å². The van der Waals surface area contributed by atoms with E-state index < -0.39 is 17.8 Å². The molecule has 1 atom stereocenters. The highest BCUT2D eigenvalue weighted by molar-refractivity contribution is 9.10. The summed E-state index contributed by atoms with van der Waals surface area (Å²) in [6.07, 6.45) is 0. The zero-order valence-electron chi connectivity index (χ0n) is 7.42. The molecule has 1 rings (SSSR count). The molecule has 0 fully saturated rings. The molecule has 0 amide bonds. The predicted octanol–water partition coefficient (Wildman–Crippen LogP) is 2.47. The number of rotatable bonds is 3. The van der Waals surface area contributed by atoms with Gasteiger partial charge in [0.2, 0.25) is 0 Å². The van der Waals surface area contributed by atoms with Gasteiger partial charge >= 0.3 is 5.97 Å². The Hall–Kier alpha value is -1.10. The van der Waals surface area contributed by atoms with Crippen molar-refractivity contribution in [3.8, 4) is 0 Å². The fraction of sp³-hybridized carbons (Fsp3) is 0.222. The Morgan fingerprint density at radius 2 is 2.29 bits per heavy atom. The first-order chi connectivity index (χ1) is 6.50. The summed E-state index contributed by atoms with van der Waals surface area (Å²) < 4.78 is 13.4. The zero-order valence-corrected chi connectivity index (χ0v) is 9.01. The van der Waals surface area contributed by atoms with E-state index in [0.29, 0.717) is 10.2 Å². The number of aliphatic carboxylic acids is 1. The standard InChI is InChI=1S/C9H9BrFNO2/c1-5(9(13)14)12-8-4-6(11)2-3-7(8)10/h2-5,12H,1H3,(H,13,14). The Morgan fingerprint density at radius 3 is 2.86 bits per heavy atom. The molecule has 14 heavy (non-hydrogen) atoms. The molecule has 0 radical (unpaired) electrons. The van der Waals surface area contributed by atoms with Crippen molar-refractivity contribution in [1.82, 2.24) is 0 Å². The van der Waals surface area contributed by atoms with Crippen molar-refractivity contribution in [2.45, 2.75) is 13.0 Å².